The smallest absolute Gasteiger partial charge is 0.246 e. The maximum absolute atomic E-state index is 13.0. The fraction of sp³-hybridized carbons (Fsp3) is 0.550. The summed E-state index contributed by atoms with van der Waals surface area (Å²) in [7, 11) is 0. The fourth-order valence-electron chi connectivity index (χ4n) is 4.34. The number of rotatable bonds is 3. The van der Waals surface area contributed by atoms with Gasteiger partial charge in [0, 0.05) is 36.9 Å². The van der Waals surface area contributed by atoms with Gasteiger partial charge in [-0.15, -0.1) is 11.8 Å². The van der Waals surface area contributed by atoms with Crippen LogP contribution < -0.4 is 5.32 Å². The summed E-state index contributed by atoms with van der Waals surface area (Å²) in [6, 6.07) is 9.10. The molecule has 3 fully saturated rings. The molecule has 0 aromatic heterocycles. The fourth-order valence-corrected chi connectivity index (χ4v) is 5.77. The lowest BCUT2D eigenvalue weighted by Crippen LogP contribution is -2.53. The number of anilines is 1. The standard InChI is InChI=1S/C20H25N3O3S/c1-20-10-7-17(24)23(20)16(13-27-20)19(26)22-11-8-14(9-12-22)18(25)21-15-5-3-2-4-6-15/h2-6,14,16H,7-13H2,1H3,(H,21,25)/t16-,20+/m0/s1. The maximum Gasteiger partial charge on any atom is 0.246 e. The highest BCUT2D eigenvalue weighted by Crippen LogP contribution is 2.47. The largest absolute Gasteiger partial charge is 0.341 e. The monoisotopic (exact) mass is 387 g/mol. The molecule has 3 aliphatic rings. The molecule has 0 spiro atoms. The van der Waals surface area contributed by atoms with Crippen LogP contribution in [-0.4, -0.2) is 57.3 Å². The highest BCUT2D eigenvalue weighted by Gasteiger charge is 2.53. The molecule has 0 saturated carbocycles. The van der Waals surface area contributed by atoms with Gasteiger partial charge in [-0.25, -0.2) is 0 Å². The van der Waals surface area contributed by atoms with E-state index in [0.29, 0.717) is 38.1 Å². The number of thioether (sulfide) groups is 1. The van der Waals surface area contributed by atoms with E-state index < -0.39 is 0 Å². The van der Waals surface area contributed by atoms with Gasteiger partial charge in [-0.3, -0.25) is 14.4 Å². The van der Waals surface area contributed by atoms with E-state index >= 15 is 0 Å². The van der Waals surface area contributed by atoms with Gasteiger partial charge in [-0.2, -0.15) is 0 Å². The molecular formula is C20H25N3O3S. The Morgan fingerprint density at radius 3 is 2.59 bits per heavy atom. The van der Waals surface area contributed by atoms with E-state index in [4.69, 9.17) is 0 Å². The topological polar surface area (TPSA) is 69.7 Å². The van der Waals surface area contributed by atoms with Gasteiger partial charge in [0.2, 0.25) is 17.7 Å². The number of nitrogens with zero attached hydrogens (tertiary/aromatic N) is 2. The number of carbonyl (C=O) groups is 3. The molecule has 3 amide bonds. The van der Waals surface area contributed by atoms with Crippen LogP contribution in [0.2, 0.25) is 0 Å². The van der Waals surface area contributed by atoms with Crippen LogP contribution in [-0.2, 0) is 14.4 Å². The Balaban J connectivity index is 1.33. The van der Waals surface area contributed by atoms with Gasteiger partial charge in [-0.1, -0.05) is 18.2 Å². The number of benzene rings is 1. The number of fused-ring (bicyclic) bond motifs is 1. The summed E-state index contributed by atoms with van der Waals surface area (Å²) >= 11 is 1.72. The van der Waals surface area contributed by atoms with Gasteiger partial charge in [0.05, 0.1) is 4.87 Å². The van der Waals surface area contributed by atoms with Crippen molar-refractivity contribution in [2.75, 3.05) is 24.2 Å². The molecule has 0 bridgehead atoms. The van der Waals surface area contributed by atoms with Crippen molar-refractivity contribution < 1.29 is 14.4 Å². The second-order valence-electron chi connectivity index (χ2n) is 7.72. The molecule has 3 heterocycles. The van der Waals surface area contributed by atoms with Crippen LogP contribution in [0.3, 0.4) is 0 Å². The van der Waals surface area contributed by atoms with E-state index in [0.717, 1.165) is 12.1 Å². The lowest BCUT2D eigenvalue weighted by Gasteiger charge is -2.36. The summed E-state index contributed by atoms with van der Waals surface area (Å²) < 4.78 is 0. The Bertz CT molecular complexity index is 748. The third-order valence-electron chi connectivity index (χ3n) is 5.95. The molecule has 0 unspecified atom stereocenters. The molecule has 3 aliphatic heterocycles. The van der Waals surface area contributed by atoms with Crippen molar-refractivity contribution >= 4 is 35.2 Å². The SMILES string of the molecule is C[C@@]12CCC(=O)N1[C@H](C(=O)N1CCC(C(=O)Nc3ccccc3)CC1)CS2. The average molecular weight is 388 g/mol. The van der Waals surface area contributed by atoms with Crippen LogP contribution >= 0.6 is 11.8 Å². The van der Waals surface area contributed by atoms with Gasteiger partial charge in [0.25, 0.3) is 0 Å². The average Bonchev–Trinajstić information content (AvgIpc) is 3.18. The van der Waals surface area contributed by atoms with Crippen LogP contribution in [0.25, 0.3) is 0 Å². The van der Waals surface area contributed by atoms with Crippen LogP contribution in [0.15, 0.2) is 30.3 Å². The highest BCUT2D eigenvalue weighted by atomic mass is 32.2. The van der Waals surface area contributed by atoms with Gasteiger partial charge >= 0.3 is 0 Å². The minimum absolute atomic E-state index is 0.0204. The van der Waals surface area contributed by atoms with E-state index in [9.17, 15) is 14.4 Å². The van der Waals surface area contributed by atoms with Crippen LogP contribution in [0.4, 0.5) is 5.69 Å². The van der Waals surface area contributed by atoms with Crippen molar-refractivity contribution in [3.8, 4) is 0 Å². The highest BCUT2D eigenvalue weighted by molar-refractivity contribution is 8.01. The van der Waals surface area contributed by atoms with E-state index in [1.54, 1.807) is 11.8 Å². The summed E-state index contributed by atoms with van der Waals surface area (Å²) in [5.41, 5.74) is 0.802. The molecule has 27 heavy (non-hydrogen) atoms. The Hall–Kier alpha value is -2.02. The minimum atomic E-state index is -0.343. The van der Waals surface area contributed by atoms with E-state index in [2.05, 4.69) is 12.2 Å². The Morgan fingerprint density at radius 2 is 1.89 bits per heavy atom. The quantitative estimate of drug-likeness (QED) is 0.864. The van der Waals surface area contributed by atoms with E-state index in [1.807, 2.05) is 40.1 Å². The number of para-hydroxylation sites is 1. The first-order chi connectivity index (χ1) is 13.0. The predicted octanol–water partition coefficient (Wildman–Crippen LogP) is 2.32. The zero-order valence-corrected chi connectivity index (χ0v) is 16.3. The molecule has 2 atom stereocenters. The number of likely N-dealkylation sites (tertiary alicyclic amines) is 1. The number of piperidine rings is 1. The molecule has 0 aliphatic carbocycles. The molecule has 3 saturated heterocycles. The van der Waals surface area contributed by atoms with Gasteiger partial charge in [0.15, 0.2) is 0 Å². The van der Waals surface area contributed by atoms with Gasteiger partial charge in [0.1, 0.15) is 6.04 Å². The molecule has 7 heteroatoms. The van der Waals surface area contributed by atoms with Crippen LogP contribution in [0.5, 0.6) is 0 Å². The Labute approximate surface area is 163 Å². The van der Waals surface area contributed by atoms with Crippen molar-refractivity contribution in [3.63, 3.8) is 0 Å². The molecular weight excluding hydrogens is 362 g/mol. The van der Waals surface area contributed by atoms with Gasteiger partial charge < -0.3 is 15.1 Å². The number of carbonyl (C=O) groups excluding carboxylic acids is 3. The Kier molecular flexibility index (Phi) is 4.88. The third-order valence-corrected chi connectivity index (χ3v) is 7.45. The van der Waals surface area contributed by atoms with E-state index in [1.165, 1.54) is 0 Å². The molecule has 0 radical (unpaired) electrons. The second kappa shape index (κ2) is 7.19. The zero-order valence-electron chi connectivity index (χ0n) is 15.5. The lowest BCUT2D eigenvalue weighted by atomic mass is 9.95. The van der Waals surface area contributed by atoms with Crippen molar-refractivity contribution in [2.45, 2.75) is 43.5 Å². The first kappa shape index (κ1) is 18.3. The minimum Gasteiger partial charge on any atom is -0.341 e. The molecule has 1 N–H and O–H groups in total. The number of hydrogen-bond acceptors (Lipinski definition) is 4. The van der Waals surface area contributed by atoms with Crippen molar-refractivity contribution in [3.05, 3.63) is 30.3 Å². The van der Waals surface area contributed by atoms with Crippen molar-refractivity contribution in [1.82, 2.24) is 9.80 Å². The number of nitrogens with one attached hydrogen (secondary N) is 1. The number of amides is 3. The molecule has 144 valence electrons. The van der Waals surface area contributed by atoms with Crippen LogP contribution in [0.1, 0.15) is 32.6 Å². The predicted molar refractivity (Wildman–Crippen MR) is 105 cm³/mol. The zero-order chi connectivity index (χ0) is 19.0. The maximum atomic E-state index is 13.0. The van der Waals surface area contributed by atoms with Crippen LogP contribution in [0, 0.1) is 5.92 Å². The first-order valence-electron chi connectivity index (χ1n) is 9.59. The van der Waals surface area contributed by atoms with Gasteiger partial charge in [-0.05, 0) is 38.3 Å². The lowest BCUT2D eigenvalue weighted by molar-refractivity contribution is -0.145. The third kappa shape index (κ3) is 3.45. The summed E-state index contributed by atoms with van der Waals surface area (Å²) in [5, 5.41) is 2.95. The summed E-state index contributed by atoms with van der Waals surface area (Å²) in [4.78, 5) is 41.2. The molecule has 4 rings (SSSR count). The molecule has 1 aromatic rings. The van der Waals surface area contributed by atoms with E-state index in [-0.39, 0.29) is 34.6 Å². The molecule has 6 nitrogen and oxygen atoms in total. The second-order valence-corrected chi connectivity index (χ2v) is 9.22. The first-order valence-corrected chi connectivity index (χ1v) is 10.6. The summed E-state index contributed by atoms with van der Waals surface area (Å²) in [5.74, 6) is 0.759. The summed E-state index contributed by atoms with van der Waals surface area (Å²) in [6.07, 6.45) is 2.68. The van der Waals surface area contributed by atoms with Crippen molar-refractivity contribution in [1.29, 1.82) is 0 Å². The summed E-state index contributed by atoms with van der Waals surface area (Å²) in [6.45, 7) is 3.22. The Morgan fingerprint density at radius 1 is 1.19 bits per heavy atom. The van der Waals surface area contributed by atoms with Crippen molar-refractivity contribution in [2.24, 2.45) is 5.92 Å². The molecule has 1 aromatic carbocycles. The number of hydrogen-bond donors (Lipinski definition) is 1. The normalized spacial score (nSPS) is 28.3.